The Labute approximate surface area is 123 Å². The third-order valence-corrected chi connectivity index (χ3v) is 3.73. The van der Waals surface area contributed by atoms with Crippen LogP contribution in [0, 0.1) is 0 Å². The van der Waals surface area contributed by atoms with E-state index in [-0.39, 0.29) is 12.5 Å². The maximum absolute atomic E-state index is 10.9. The van der Waals surface area contributed by atoms with Gasteiger partial charge in [0.15, 0.2) is 5.17 Å². The van der Waals surface area contributed by atoms with Gasteiger partial charge in [-0.15, -0.1) is 5.10 Å². The number of nitrogens with zero attached hydrogens (tertiary/aromatic N) is 2. The maximum Gasteiger partial charge on any atom is 0.236 e. The number of nitrogens with one attached hydrogen (secondary N) is 1. The predicted octanol–water partition coefficient (Wildman–Crippen LogP) is 2.04. The van der Waals surface area contributed by atoms with Gasteiger partial charge in [-0.25, -0.2) is 0 Å². The summed E-state index contributed by atoms with van der Waals surface area (Å²) in [4.78, 5) is 10.9. The van der Waals surface area contributed by atoms with Crippen LogP contribution in [0.5, 0.6) is 0 Å². The van der Waals surface area contributed by atoms with Crippen LogP contribution >= 0.6 is 35.0 Å². The first kappa shape index (κ1) is 14.3. The normalized spacial score (nSPS) is 17.4. The molecular weight excluding hydrogens is 309 g/mol. The van der Waals surface area contributed by atoms with Gasteiger partial charge in [-0.05, 0) is 17.7 Å². The highest BCUT2D eigenvalue weighted by Crippen LogP contribution is 2.25. The fraction of sp³-hybridized carbons (Fsp3) is 0.182. The zero-order valence-corrected chi connectivity index (χ0v) is 11.9. The molecule has 1 aliphatic rings. The van der Waals surface area contributed by atoms with Crippen LogP contribution < -0.4 is 5.32 Å². The van der Waals surface area contributed by atoms with Crippen LogP contribution in [-0.2, 0) is 11.4 Å². The largest absolute Gasteiger partial charge is 0.392 e. The monoisotopic (exact) mass is 317 g/mol. The Kier molecular flexibility index (Phi) is 4.81. The fourth-order valence-corrected chi connectivity index (χ4v) is 2.63. The first-order valence-electron chi connectivity index (χ1n) is 5.22. The van der Waals surface area contributed by atoms with Crippen LogP contribution in [0.4, 0.5) is 0 Å². The molecule has 0 spiro atoms. The van der Waals surface area contributed by atoms with E-state index in [2.05, 4.69) is 15.5 Å². The minimum absolute atomic E-state index is 0.0951. The van der Waals surface area contributed by atoms with E-state index in [1.165, 1.54) is 18.0 Å². The Morgan fingerprint density at radius 1 is 1.42 bits per heavy atom. The molecule has 2 N–H and O–H groups in total. The lowest BCUT2D eigenvalue weighted by Crippen LogP contribution is -2.19. The molecule has 1 amide bonds. The van der Waals surface area contributed by atoms with Crippen molar-refractivity contribution in [3.8, 4) is 0 Å². The number of halogens is 2. The van der Waals surface area contributed by atoms with Gasteiger partial charge in [0.2, 0.25) is 5.91 Å². The van der Waals surface area contributed by atoms with Crippen LogP contribution in [-0.4, -0.2) is 28.1 Å². The van der Waals surface area contributed by atoms with Gasteiger partial charge in [-0.2, -0.15) is 5.10 Å². The molecule has 1 aromatic rings. The highest BCUT2D eigenvalue weighted by atomic mass is 35.5. The van der Waals surface area contributed by atoms with Crippen LogP contribution in [0.3, 0.4) is 0 Å². The summed E-state index contributed by atoms with van der Waals surface area (Å²) >= 11 is 13.3. The molecule has 5 nitrogen and oxygen atoms in total. The number of hydrogen-bond donors (Lipinski definition) is 2. The summed E-state index contributed by atoms with van der Waals surface area (Å²) in [6, 6.07) is 3.21. The third-order valence-electron chi connectivity index (χ3n) is 2.24. The Bertz CT molecular complexity index is 552. The predicted molar refractivity (Wildman–Crippen MR) is 78.0 cm³/mol. The van der Waals surface area contributed by atoms with E-state index in [4.69, 9.17) is 28.3 Å². The van der Waals surface area contributed by atoms with Crippen molar-refractivity contribution in [3.63, 3.8) is 0 Å². The number of rotatable bonds is 3. The lowest BCUT2D eigenvalue weighted by Gasteiger charge is -2.03. The molecule has 0 unspecified atom stereocenters. The molecule has 0 atom stereocenters. The minimum Gasteiger partial charge on any atom is -0.392 e. The molecule has 2 rings (SSSR count). The molecule has 19 heavy (non-hydrogen) atoms. The summed E-state index contributed by atoms with van der Waals surface area (Å²) in [7, 11) is 0. The van der Waals surface area contributed by atoms with Crippen LogP contribution in [0.15, 0.2) is 22.3 Å². The molecule has 100 valence electrons. The van der Waals surface area contributed by atoms with Gasteiger partial charge < -0.3 is 10.4 Å². The number of aliphatic hydroxyl groups is 1. The summed E-state index contributed by atoms with van der Waals surface area (Å²) in [5.41, 5.74) is 1.14. The van der Waals surface area contributed by atoms with Crippen molar-refractivity contribution in [2.24, 2.45) is 10.2 Å². The topological polar surface area (TPSA) is 74.0 Å². The number of amides is 1. The Morgan fingerprint density at radius 3 is 2.63 bits per heavy atom. The van der Waals surface area contributed by atoms with Crippen molar-refractivity contribution in [2.75, 3.05) is 5.75 Å². The lowest BCUT2D eigenvalue weighted by atomic mass is 10.1. The second-order valence-corrected chi connectivity index (χ2v) is 5.40. The number of carbonyl (C=O) groups excluding carboxylic acids is 1. The summed E-state index contributed by atoms with van der Waals surface area (Å²) in [6.07, 6.45) is 1.41. The van der Waals surface area contributed by atoms with Gasteiger partial charge in [-0.3, -0.25) is 4.79 Å². The molecule has 1 aliphatic heterocycles. The quantitative estimate of drug-likeness (QED) is 0.661. The Morgan fingerprint density at radius 2 is 2.11 bits per heavy atom. The zero-order chi connectivity index (χ0) is 13.8. The number of aliphatic hydroxyl groups excluding tert-OH is 1. The zero-order valence-electron chi connectivity index (χ0n) is 9.56. The van der Waals surface area contributed by atoms with Crippen molar-refractivity contribution >= 4 is 52.3 Å². The average Bonchev–Trinajstić information content (AvgIpc) is 2.78. The van der Waals surface area contributed by atoms with E-state index in [9.17, 15) is 4.79 Å². The number of amidine groups is 1. The molecule has 1 fully saturated rings. The molecule has 1 heterocycles. The molecule has 0 radical (unpaired) electrons. The molecular formula is C11H9Cl2N3O2S. The maximum atomic E-state index is 10.9. The smallest absolute Gasteiger partial charge is 0.236 e. The Hall–Kier alpha value is -1.08. The molecule has 0 aliphatic carbocycles. The molecule has 1 saturated heterocycles. The lowest BCUT2D eigenvalue weighted by molar-refractivity contribution is -0.116. The highest BCUT2D eigenvalue weighted by molar-refractivity contribution is 8.15. The first-order chi connectivity index (χ1) is 9.10. The van der Waals surface area contributed by atoms with Crippen molar-refractivity contribution in [3.05, 3.63) is 33.3 Å². The van der Waals surface area contributed by atoms with Crippen LogP contribution in [0.1, 0.15) is 11.1 Å². The summed E-state index contributed by atoms with van der Waals surface area (Å²) in [6.45, 7) is -0.137. The molecule has 8 heteroatoms. The first-order valence-corrected chi connectivity index (χ1v) is 6.96. The summed E-state index contributed by atoms with van der Waals surface area (Å²) in [5, 5.41) is 20.4. The van der Waals surface area contributed by atoms with Crippen molar-refractivity contribution in [1.29, 1.82) is 0 Å². The summed E-state index contributed by atoms with van der Waals surface area (Å²) < 4.78 is 0. The highest BCUT2D eigenvalue weighted by Gasteiger charge is 2.16. The number of benzene rings is 1. The van der Waals surface area contributed by atoms with Gasteiger partial charge in [0.25, 0.3) is 0 Å². The van der Waals surface area contributed by atoms with E-state index in [1.807, 2.05) is 0 Å². The van der Waals surface area contributed by atoms with E-state index in [0.717, 1.165) is 0 Å². The SMILES string of the molecule is O=C1CSC(=NN=Cc2c(Cl)cc(CO)cc2Cl)N1. The molecule has 0 aromatic heterocycles. The van der Waals surface area contributed by atoms with Crippen LogP contribution in [0.2, 0.25) is 10.0 Å². The van der Waals surface area contributed by atoms with Crippen molar-refractivity contribution in [2.45, 2.75) is 6.61 Å². The molecule has 0 bridgehead atoms. The van der Waals surface area contributed by atoms with E-state index < -0.39 is 0 Å². The number of thioether (sulfide) groups is 1. The van der Waals surface area contributed by atoms with Gasteiger partial charge in [0.05, 0.1) is 28.6 Å². The van der Waals surface area contributed by atoms with Gasteiger partial charge in [0, 0.05) is 5.56 Å². The molecule has 1 aromatic carbocycles. The van der Waals surface area contributed by atoms with E-state index >= 15 is 0 Å². The number of hydrogen-bond acceptors (Lipinski definition) is 5. The molecule has 0 saturated carbocycles. The van der Waals surface area contributed by atoms with Gasteiger partial charge >= 0.3 is 0 Å². The van der Waals surface area contributed by atoms with Crippen LogP contribution in [0.25, 0.3) is 0 Å². The number of carbonyl (C=O) groups is 1. The van der Waals surface area contributed by atoms with Crippen molar-refractivity contribution < 1.29 is 9.90 Å². The minimum atomic E-state index is -0.137. The van der Waals surface area contributed by atoms with E-state index in [0.29, 0.717) is 32.1 Å². The summed E-state index contributed by atoms with van der Waals surface area (Å²) in [5.74, 6) is 0.253. The third kappa shape index (κ3) is 3.70. The second kappa shape index (κ2) is 6.38. The van der Waals surface area contributed by atoms with Gasteiger partial charge in [0.1, 0.15) is 0 Å². The van der Waals surface area contributed by atoms with Gasteiger partial charge in [-0.1, -0.05) is 35.0 Å². The Balaban J connectivity index is 2.17. The standard InChI is InChI=1S/C11H9Cl2N3O2S/c12-8-1-6(4-17)2-9(13)7(8)3-14-16-11-15-10(18)5-19-11/h1-3,17H,4-5H2,(H,15,16,18). The fourth-order valence-electron chi connectivity index (χ4n) is 1.37. The van der Waals surface area contributed by atoms with Crippen molar-refractivity contribution in [1.82, 2.24) is 5.32 Å². The van der Waals surface area contributed by atoms with E-state index in [1.54, 1.807) is 12.1 Å². The second-order valence-electron chi connectivity index (χ2n) is 3.62. The average molecular weight is 318 g/mol.